The number of hydrogen-bond donors (Lipinski definition) is 2. The Balaban J connectivity index is 1.70. The number of para-hydroxylation sites is 1. The zero-order chi connectivity index (χ0) is 20.0. The lowest BCUT2D eigenvalue weighted by Gasteiger charge is -2.09. The van der Waals surface area contributed by atoms with E-state index in [1.54, 1.807) is 48.7 Å². The number of nitriles is 1. The van der Waals surface area contributed by atoms with Crippen molar-refractivity contribution in [3.8, 4) is 6.07 Å². The lowest BCUT2D eigenvalue weighted by molar-refractivity contribution is 0.102. The van der Waals surface area contributed by atoms with Crippen molar-refractivity contribution < 1.29 is 13.2 Å². The van der Waals surface area contributed by atoms with Crippen LogP contribution >= 0.6 is 0 Å². The Morgan fingerprint density at radius 1 is 1.00 bits per heavy atom. The number of rotatable bonds is 6. The van der Waals surface area contributed by atoms with Crippen molar-refractivity contribution >= 4 is 21.6 Å². The SMILES string of the molecule is N#Cc1ccccc1NC(=O)c1ccc(S(=O)(=O)NCc2ccccn2)cc1. The molecule has 28 heavy (non-hydrogen) atoms. The first-order valence-electron chi connectivity index (χ1n) is 8.30. The van der Waals surface area contributed by atoms with Gasteiger partial charge >= 0.3 is 0 Å². The minimum absolute atomic E-state index is 0.0393. The van der Waals surface area contributed by atoms with Gasteiger partial charge in [-0.15, -0.1) is 0 Å². The van der Waals surface area contributed by atoms with Gasteiger partial charge < -0.3 is 5.32 Å². The number of sulfonamides is 1. The van der Waals surface area contributed by atoms with E-state index in [0.29, 0.717) is 16.9 Å². The van der Waals surface area contributed by atoms with Gasteiger partial charge in [-0.25, -0.2) is 13.1 Å². The Morgan fingerprint density at radius 2 is 1.71 bits per heavy atom. The van der Waals surface area contributed by atoms with Crippen molar-refractivity contribution in [2.75, 3.05) is 5.32 Å². The van der Waals surface area contributed by atoms with Crippen LogP contribution in [0.4, 0.5) is 5.69 Å². The molecular formula is C20H16N4O3S. The highest BCUT2D eigenvalue weighted by Crippen LogP contribution is 2.16. The Kier molecular flexibility index (Phi) is 5.79. The Labute approximate surface area is 162 Å². The molecule has 0 aliphatic rings. The van der Waals surface area contributed by atoms with Gasteiger partial charge in [-0.1, -0.05) is 18.2 Å². The molecule has 0 spiro atoms. The molecule has 0 saturated heterocycles. The van der Waals surface area contributed by atoms with E-state index in [0.717, 1.165) is 0 Å². The second kappa shape index (κ2) is 8.43. The van der Waals surface area contributed by atoms with E-state index < -0.39 is 15.9 Å². The van der Waals surface area contributed by atoms with Crippen LogP contribution in [0, 0.1) is 11.3 Å². The monoisotopic (exact) mass is 392 g/mol. The molecule has 0 aliphatic carbocycles. The van der Waals surface area contributed by atoms with E-state index >= 15 is 0 Å². The minimum atomic E-state index is -3.74. The summed E-state index contributed by atoms with van der Waals surface area (Å²) in [4.78, 5) is 16.5. The molecule has 1 aromatic heterocycles. The summed E-state index contributed by atoms with van der Waals surface area (Å²) in [6.07, 6.45) is 1.58. The van der Waals surface area contributed by atoms with E-state index in [-0.39, 0.29) is 17.0 Å². The van der Waals surface area contributed by atoms with Gasteiger partial charge in [0.2, 0.25) is 10.0 Å². The molecule has 0 bridgehead atoms. The smallest absolute Gasteiger partial charge is 0.255 e. The van der Waals surface area contributed by atoms with Gasteiger partial charge in [0.15, 0.2) is 0 Å². The van der Waals surface area contributed by atoms with Crippen LogP contribution in [0.3, 0.4) is 0 Å². The molecule has 0 radical (unpaired) electrons. The maximum Gasteiger partial charge on any atom is 0.255 e. The third-order valence-electron chi connectivity index (χ3n) is 3.89. The molecule has 3 aromatic rings. The average molecular weight is 392 g/mol. The van der Waals surface area contributed by atoms with Crippen LogP contribution in [-0.4, -0.2) is 19.3 Å². The summed E-state index contributed by atoms with van der Waals surface area (Å²) in [5.41, 5.74) is 1.60. The van der Waals surface area contributed by atoms with Crippen LogP contribution in [0.15, 0.2) is 77.8 Å². The lowest BCUT2D eigenvalue weighted by Crippen LogP contribution is -2.23. The summed E-state index contributed by atoms with van der Waals surface area (Å²) in [7, 11) is -3.74. The summed E-state index contributed by atoms with van der Waals surface area (Å²) >= 11 is 0. The fraction of sp³-hybridized carbons (Fsp3) is 0.0500. The first-order chi connectivity index (χ1) is 13.5. The third kappa shape index (κ3) is 4.59. The number of hydrogen-bond acceptors (Lipinski definition) is 5. The number of aromatic nitrogens is 1. The van der Waals surface area contributed by atoms with Crippen molar-refractivity contribution in [2.45, 2.75) is 11.4 Å². The highest BCUT2D eigenvalue weighted by atomic mass is 32.2. The molecule has 0 aliphatic heterocycles. The van der Waals surface area contributed by atoms with Gasteiger partial charge in [-0.2, -0.15) is 5.26 Å². The van der Waals surface area contributed by atoms with Crippen molar-refractivity contribution in [1.29, 1.82) is 5.26 Å². The fourth-order valence-corrected chi connectivity index (χ4v) is 3.42. The van der Waals surface area contributed by atoms with Gasteiger partial charge in [0.1, 0.15) is 6.07 Å². The van der Waals surface area contributed by atoms with Crippen LogP contribution in [-0.2, 0) is 16.6 Å². The molecule has 1 amide bonds. The van der Waals surface area contributed by atoms with Crippen molar-refractivity contribution in [3.63, 3.8) is 0 Å². The molecule has 2 N–H and O–H groups in total. The quantitative estimate of drug-likeness (QED) is 0.670. The number of nitrogens with zero attached hydrogens (tertiary/aromatic N) is 2. The summed E-state index contributed by atoms with van der Waals surface area (Å²) in [5, 5.41) is 11.7. The van der Waals surface area contributed by atoms with Crippen molar-refractivity contribution in [3.05, 3.63) is 89.7 Å². The van der Waals surface area contributed by atoms with Gasteiger partial charge in [0.25, 0.3) is 5.91 Å². The molecule has 0 saturated carbocycles. The number of pyridine rings is 1. The predicted octanol–water partition coefficient (Wildman–Crippen LogP) is 2.68. The molecule has 3 rings (SSSR count). The van der Waals surface area contributed by atoms with E-state index in [4.69, 9.17) is 5.26 Å². The van der Waals surface area contributed by atoms with Gasteiger partial charge in [-0.05, 0) is 48.5 Å². The molecular weight excluding hydrogens is 376 g/mol. The first kappa shape index (κ1) is 19.2. The van der Waals surface area contributed by atoms with Gasteiger partial charge in [-0.3, -0.25) is 9.78 Å². The molecule has 0 fully saturated rings. The Hall–Kier alpha value is -3.54. The van der Waals surface area contributed by atoms with E-state index in [9.17, 15) is 13.2 Å². The minimum Gasteiger partial charge on any atom is -0.321 e. The number of anilines is 1. The van der Waals surface area contributed by atoms with Gasteiger partial charge in [0, 0.05) is 11.8 Å². The third-order valence-corrected chi connectivity index (χ3v) is 5.31. The maximum absolute atomic E-state index is 12.4. The standard InChI is InChI=1S/C20H16N4O3S/c21-13-16-5-1-2-7-19(16)24-20(25)15-8-10-18(11-9-15)28(26,27)23-14-17-6-3-4-12-22-17/h1-12,23H,14H2,(H,24,25). The summed E-state index contributed by atoms with van der Waals surface area (Å²) in [6, 6.07) is 19.4. The highest BCUT2D eigenvalue weighted by molar-refractivity contribution is 7.89. The van der Waals surface area contributed by atoms with E-state index in [1.165, 1.54) is 24.3 Å². The molecule has 8 heteroatoms. The normalized spacial score (nSPS) is 10.8. The molecule has 0 unspecified atom stereocenters. The zero-order valence-electron chi connectivity index (χ0n) is 14.7. The second-order valence-electron chi connectivity index (χ2n) is 5.78. The first-order valence-corrected chi connectivity index (χ1v) is 9.78. The summed E-state index contributed by atoms with van der Waals surface area (Å²) in [6.45, 7) is 0.0658. The average Bonchev–Trinajstić information content (AvgIpc) is 2.73. The second-order valence-corrected chi connectivity index (χ2v) is 7.55. The van der Waals surface area contributed by atoms with E-state index in [2.05, 4.69) is 15.0 Å². The molecule has 7 nitrogen and oxygen atoms in total. The molecule has 0 atom stereocenters. The van der Waals surface area contributed by atoms with Crippen LogP contribution in [0.25, 0.3) is 0 Å². The summed E-state index contributed by atoms with van der Waals surface area (Å²) in [5.74, 6) is -0.437. The van der Waals surface area contributed by atoms with Crippen molar-refractivity contribution in [1.82, 2.24) is 9.71 Å². The number of benzene rings is 2. The summed E-state index contributed by atoms with van der Waals surface area (Å²) < 4.78 is 27.2. The highest BCUT2D eigenvalue weighted by Gasteiger charge is 2.15. The predicted molar refractivity (Wildman–Crippen MR) is 104 cm³/mol. The van der Waals surface area contributed by atoms with Gasteiger partial charge in [0.05, 0.1) is 28.4 Å². The van der Waals surface area contributed by atoms with Crippen molar-refractivity contribution in [2.24, 2.45) is 0 Å². The number of carbonyl (C=O) groups excluding carboxylic acids is 1. The number of nitrogens with one attached hydrogen (secondary N) is 2. The zero-order valence-corrected chi connectivity index (χ0v) is 15.5. The topological polar surface area (TPSA) is 112 Å². The van der Waals surface area contributed by atoms with Crippen LogP contribution < -0.4 is 10.0 Å². The Bertz CT molecular complexity index is 1120. The molecule has 140 valence electrons. The maximum atomic E-state index is 12.4. The van der Waals surface area contributed by atoms with E-state index in [1.807, 2.05) is 6.07 Å². The molecule has 1 heterocycles. The van der Waals surface area contributed by atoms with Crippen LogP contribution in [0.1, 0.15) is 21.6 Å². The van der Waals surface area contributed by atoms with Crippen LogP contribution in [0.2, 0.25) is 0 Å². The Morgan fingerprint density at radius 3 is 2.39 bits per heavy atom. The fourth-order valence-electron chi connectivity index (χ4n) is 2.42. The number of carbonyl (C=O) groups is 1. The number of amides is 1. The molecule has 2 aromatic carbocycles. The van der Waals surface area contributed by atoms with Crippen LogP contribution in [0.5, 0.6) is 0 Å². The largest absolute Gasteiger partial charge is 0.321 e. The lowest BCUT2D eigenvalue weighted by atomic mass is 10.1.